The van der Waals surface area contributed by atoms with Gasteiger partial charge in [0.25, 0.3) is 0 Å². The van der Waals surface area contributed by atoms with Crippen LogP contribution >= 0.6 is 0 Å². The second-order valence-corrected chi connectivity index (χ2v) is 2.95. The van der Waals surface area contributed by atoms with E-state index in [2.05, 4.69) is 14.9 Å². The Hall–Kier alpha value is -2.17. The van der Waals surface area contributed by atoms with Gasteiger partial charge in [0.1, 0.15) is 5.69 Å². The van der Waals surface area contributed by atoms with Gasteiger partial charge < -0.3 is 4.74 Å². The number of aromatic amines is 1. The third-order valence-electron chi connectivity index (χ3n) is 2.13. The maximum Gasteiger partial charge on any atom is 0.338 e. The number of nitrogens with one attached hydrogen (secondary N) is 1. The smallest absolute Gasteiger partial charge is 0.338 e. The minimum atomic E-state index is -0.481. The zero-order valence-electron chi connectivity index (χ0n) is 9.98. The van der Waals surface area contributed by atoms with E-state index in [1.165, 1.54) is 7.11 Å². The summed E-state index contributed by atoms with van der Waals surface area (Å²) in [5, 5.41) is 6.96. The molecule has 1 aromatic heterocycles. The Morgan fingerprint density at radius 3 is 2.71 bits per heavy atom. The average Bonchev–Trinajstić information content (AvgIpc) is 2.83. The van der Waals surface area contributed by atoms with E-state index >= 15 is 0 Å². The quantitative estimate of drug-likeness (QED) is 0.638. The van der Waals surface area contributed by atoms with Crippen LogP contribution in [0.3, 0.4) is 0 Å². The van der Waals surface area contributed by atoms with E-state index in [4.69, 9.17) is 0 Å². The molecule has 0 spiro atoms. The lowest BCUT2D eigenvalue weighted by molar-refractivity contribution is 0.0603. The van der Waals surface area contributed by atoms with Gasteiger partial charge in [0.05, 0.1) is 18.2 Å². The van der Waals surface area contributed by atoms with Gasteiger partial charge in [-0.05, 0) is 12.1 Å². The molecule has 0 aliphatic carbocycles. The summed E-state index contributed by atoms with van der Waals surface area (Å²) >= 11 is 0. The molecule has 0 saturated carbocycles. The maximum absolute atomic E-state index is 11.4. The SMILES string of the molecule is CC.COC(=O)c1cccc2n[nH]c(C=O)c12. The molecule has 0 unspecified atom stereocenters. The normalized spacial score (nSPS) is 9.35. The highest BCUT2D eigenvalue weighted by molar-refractivity contribution is 6.08. The number of fused-ring (bicyclic) bond motifs is 1. The van der Waals surface area contributed by atoms with E-state index in [-0.39, 0.29) is 5.69 Å². The Balaban J connectivity index is 0.000000686. The number of hydrogen-bond acceptors (Lipinski definition) is 4. The van der Waals surface area contributed by atoms with Crippen molar-refractivity contribution in [3.63, 3.8) is 0 Å². The van der Waals surface area contributed by atoms with Crippen LogP contribution < -0.4 is 0 Å². The molecular weight excluding hydrogens is 220 g/mol. The Morgan fingerprint density at radius 2 is 2.12 bits per heavy atom. The highest BCUT2D eigenvalue weighted by Crippen LogP contribution is 2.20. The van der Waals surface area contributed by atoms with Crippen LogP contribution in [-0.2, 0) is 4.74 Å². The van der Waals surface area contributed by atoms with Crippen LogP contribution in [0.5, 0.6) is 0 Å². The Bertz CT molecular complexity index is 532. The molecule has 0 atom stereocenters. The summed E-state index contributed by atoms with van der Waals surface area (Å²) in [4.78, 5) is 22.1. The van der Waals surface area contributed by atoms with Crippen LogP contribution in [0, 0.1) is 0 Å². The molecule has 1 aromatic carbocycles. The van der Waals surface area contributed by atoms with Crippen molar-refractivity contribution in [2.75, 3.05) is 7.11 Å². The Morgan fingerprint density at radius 1 is 1.41 bits per heavy atom. The monoisotopic (exact) mass is 234 g/mol. The Kier molecular flexibility index (Phi) is 4.39. The summed E-state index contributed by atoms with van der Waals surface area (Å²) in [7, 11) is 1.29. The van der Waals surface area contributed by atoms with E-state index in [1.54, 1.807) is 18.2 Å². The third kappa shape index (κ3) is 2.33. The van der Waals surface area contributed by atoms with Crippen LogP contribution in [0.25, 0.3) is 10.9 Å². The van der Waals surface area contributed by atoms with Crippen molar-refractivity contribution in [3.05, 3.63) is 29.5 Å². The number of nitrogens with zero attached hydrogens (tertiary/aromatic N) is 1. The highest BCUT2D eigenvalue weighted by Gasteiger charge is 2.15. The first-order chi connectivity index (χ1) is 8.27. The number of ether oxygens (including phenoxy) is 1. The molecule has 90 valence electrons. The number of esters is 1. The van der Waals surface area contributed by atoms with Gasteiger partial charge in [-0.25, -0.2) is 4.79 Å². The molecule has 2 rings (SSSR count). The molecular formula is C12H14N2O3. The number of aldehydes is 1. The summed E-state index contributed by atoms with van der Waals surface area (Å²) < 4.78 is 4.62. The molecule has 0 aliphatic heterocycles. The highest BCUT2D eigenvalue weighted by atomic mass is 16.5. The number of rotatable bonds is 2. The molecule has 5 nitrogen and oxygen atoms in total. The number of hydrogen-bond donors (Lipinski definition) is 1. The lowest BCUT2D eigenvalue weighted by atomic mass is 10.1. The fraction of sp³-hybridized carbons (Fsp3) is 0.250. The molecule has 1 heterocycles. The molecule has 17 heavy (non-hydrogen) atoms. The predicted octanol–water partition coefficient (Wildman–Crippen LogP) is 2.19. The third-order valence-corrected chi connectivity index (χ3v) is 2.13. The minimum absolute atomic E-state index is 0.283. The van der Waals surface area contributed by atoms with Gasteiger partial charge in [-0.3, -0.25) is 9.89 Å². The number of carbonyl (C=O) groups excluding carboxylic acids is 2. The molecule has 5 heteroatoms. The van der Waals surface area contributed by atoms with Crippen molar-refractivity contribution in [2.24, 2.45) is 0 Å². The van der Waals surface area contributed by atoms with Crippen LogP contribution in [0.1, 0.15) is 34.7 Å². The zero-order chi connectivity index (χ0) is 12.8. The molecule has 1 N–H and O–H groups in total. The van der Waals surface area contributed by atoms with Crippen molar-refractivity contribution in [3.8, 4) is 0 Å². The van der Waals surface area contributed by atoms with Gasteiger partial charge in [-0.2, -0.15) is 5.10 Å². The predicted molar refractivity (Wildman–Crippen MR) is 64.2 cm³/mol. The summed E-state index contributed by atoms with van der Waals surface area (Å²) in [6.45, 7) is 4.00. The largest absolute Gasteiger partial charge is 0.465 e. The molecule has 0 radical (unpaired) electrons. The molecule has 0 fully saturated rings. The molecule has 0 saturated heterocycles. The van der Waals surface area contributed by atoms with Gasteiger partial charge in [0.15, 0.2) is 6.29 Å². The van der Waals surface area contributed by atoms with Crippen LogP contribution in [-0.4, -0.2) is 29.6 Å². The first kappa shape index (κ1) is 12.9. The summed E-state index contributed by atoms with van der Waals surface area (Å²) in [6, 6.07) is 4.99. The second-order valence-electron chi connectivity index (χ2n) is 2.95. The average molecular weight is 234 g/mol. The Labute approximate surface area is 98.8 Å². The van der Waals surface area contributed by atoms with Crippen LogP contribution in [0.4, 0.5) is 0 Å². The number of H-pyrrole nitrogens is 1. The van der Waals surface area contributed by atoms with Crippen LogP contribution in [0.2, 0.25) is 0 Å². The number of benzene rings is 1. The van der Waals surface area contributed by atoms with Gasteiger partial charge in [-0.1, -0.05) is 19.9 Å². The summed E-state index contributed by atoms with van der Waals surface area (Å²) in [5.41, 5.74) is 1.19. The van der Waals surface area contributed by atoms with E-state index in [9.17, 15) is 9.59 Å². The van der Waals surface area contributed by atoms with E-state index in [0.29, 0.717) is 22.8 Å². The van der Waals surface area contributed by atoms with Crippen molar-refractivity contribution < 1.29 is 14.3 Å². The van der Waals surface area contributed by atoms with Gasteiger partial charge >= 0.3 is 5.97 Å². The number of methoxy groups -OCH3 is 1. The van der Waals surface area contributed by atoms with E-state index < -0.39 is 5.97 Å². The summed E-state index contributed by atoms with van der Waals surface area (Å²) in [6.07, 6.45) is 0.627. The maximum atomic E-state index is 11.4. The lowest BCUT2D eigenvalue weighted by Crippen LogP contribution is -2.02. The molecule has 0 bridgehead atoms. The van der Waals surface area contributed by atoms with Crippen molar-refractivity contribution in [1.82, 2.24) is 10.2 Å². The number of aromatic nitrogens is 2. The first-order valence-electron chi connectivity index (χ1n) is 5.28. The fourth-order valence-electron chi connectivity index (χ4n) is 1.46. The molecule has 0 aliphatic rings. The van der Waals surface area contributed by atoms with Crippen molar-refractivity contribution in [1.29, 1.82) is 0 Å². The van der Waals surface area contributed by atoms with Crippen molar-refractivity contribution >= 4 is 23.2 Å². The second kappa shape index (κ2) is 5.79. The standard InChI is InChI=1S/C10H8N2O3.C2H6/c1-15-10(14)6-3-2-4-7-9(6)8(5-13)12-11-7;1-2/h2-5H,1H3,(H,11,12);1-2H3. The van der Waals surface area contributed by atoms with Crippen LogP contribution in [0.15, 0.2) is 18.2 Å². The van der Waals surface area contributed by atoms with E-state index in [1.807, 2.05) is 13.8 Å². The molecule has 0 amide bonds. The zero-order valence-corrected chi connectivity index (χ0v) is 9.98. The summed E-state index contributed by atoms with van der Waals surface area (Å²) in [5.74, 6) is -0.481. The topological polar surface area (TPSA) is 72.0 Å². The fourth-order valence-corrected chi connectivity index (χ4v) is 1.46. The first-order valence-corrected chi connectivity index (χ1v) is 5.28. The van der Waals surface area contributed by atoms with Crippen molar-refractivity contribution in [2.45, 2.75) is 13.8 Å². The number of carbonyl (C=O) groups is 2. The lowest BCUT2D eigenvalue weighted by Gasteiger charge is -2.00. The van der Waals surface area contributed by atoms with Gasteiger partial charge in [0.2, 0.25) is 0 Å². The minimum Gasteiger partial charge on any atom is -0.465 e. The van der Waals surface area contributed by atoms with Gasteiger partial charge in [-0.15, -0.1) is 0 Å². The molecule has 2 aromatic rings. The van der Waals surface area contributed by atoms with Gasteiger partial charge in [0, 0.05) is 5.39 Å². The van der Waals surface area contributed by atoms with E-state index in [0.717, 1.165) is 0 Å².